The largest absolute Gasteiger partial charge is 0.460 e. The Morgan fingerprint density at radius 3 is 2.42 bits per heavy atom. The summed E-state index contributed by atoms with van der Waals surface area (Å²) in [6.45, 7) is 7.37. The lowest BCUT2D eigenvalue weighted by atomic mass is 9.87. The topological polar surface area (TPSA) is 106 Å². The number of benzene rings is 1. The van der Waals surface area contributed by atoms with E-state index < -0.39 is 16.2 Å². The highest BCUT2D eigenvalue weighted by atomic mass is 32.1. The van der Waals surface area contributed by atoms with E-state index in [2.05, 4.69) is 16.2 Å². The van der Waals surface area contributed by atoms with Crippen LogP contribution in [0.1, 0.15) is 52.0 Å². The van der Waals surface area contributed by atoms with Crippen molar-refractivity contribution < 1.29 is 14.5 Å². The molecule has 3 N–H and O–H groups in total. The standard InChI is InChI=1S/C17H24N4O4S/c1-16(2,3)25-14(22)9-12(10-17(4)18-15(26)19-20-17)11-5-7-13(8-6-11)21(23)24/h5-8,12,20H,9-10H2,1-4H3,(H2,18,19,26). The molecule has 0 aromatic heterocycles. The third-order valence-corrected chi connectivity index (χ3v) is 4.11. The molecule has 1 aliphatic rings. The van der Waals surface area contributed by atoms with Gasteiger partial charge in [-0.2, -0.15) is 0 Å². The van der Waals surface area contributed by atoms with Gasteiger partial charge in [0, 0.05) is 12.1 Å². The van der Waals surface area contributed by atoms with Crippen LogP contribution < -0.4 is 16.2 Å². The molecule has 0 spiro atoms. The Labute approximate surface area is 157 Å². The lowest BCUT2D eigenvalue weighted by molar-refractivity contribution is -0.384. The van der Waals surface area contributed by atoms with Crippen LogP contribution in [0.3, 0.4) is 0 Å². The maximum Gasteiger partial charge on any atom is 0.306 e. The van der Waals surface area contributed by atoms with Crippen LogP contribution in [0.4, 0.5) is 5.69 Å². The zero-order valence-electron chi connectivity index (χ0n) is 15.3. The van der Waals surface area contributed by atoms with E-state index in [1.54, 1.807) is 12.1 Å². The molecule has 142 valence electrons. The Kier molecular flexibility index (Phi) is 5.82. The molecule has 0 radical (unpaired) electrons. The number of nitro benzene ring substituents is 1. The number of non-ortho nitro benzene ring substituents is 1. The molecule has 1 aliphatic heterocycles. The zero-order chi connectivity index (χ0) is 19.5. The first-order valence-electron chi connectivity index (χ1n) is 8.29. The minimum atomic E-state index is -0.575. The predicted molar refractivity (Wildman–Crippen MR) is 101 cm³/mol. The molecule has 9 heteroatoms. The van der Waals surface area contributed by atoms with Gasteiger partial charge in [-0.05, 0) is 57.8 Å². The quantitative estimate of drug-likeness (QED) is 0.299. The Bertz CT molecular complexity index is 702. The monoisotopic (exact) mass is 380 g/mol. The van der Waals surface area contributed by atoms with Gasteiger partial charge in [0.25, 0.3) is 5.69 Å². The number of nitrogens with zero attached hydrogens (tertiary/aromatic N) is 1. The van der Waals surface area contributed by atoms with Crippen molar-refractivity contribution in [3.8, 4) is 0 Å². The highest BCUT2D eigenvalue weighted by Crippen LogP contribution is 2.31. The summed E-state index contributed by atoms with van der Waals surface area (Å²) in [5, 5.41) is 14.5. The van der Waals surface area contributed by atoms with Gasteiger partial charge in [-0.1, -0.05) is 12.1 Å². The number of nitro groups is 1. The van der Waals surface area contributed by atoms with Crippen molar-refractivity contribution >= 4 is 29.0 Å². The molecular formula is C17H24N4O4S. The second-order valence-electron chi connectivity index (χ2n) is 7.58. The highest BCUT2D eigenvalue weighted by Gasteiger charge is 2.35. The number of ether oxygens (including phenoxy) is 1. The van der Waals surface area contributed by atoms with E-state index in [0.717, 1.165) is 5.56 Å². The molecule has 8 nitrogen and oxygen atoms in total. The molecule has 0 amide bonds. The third kappa shape index (κ3) is 5.63. The van der Waals surface area contributed by atoms with Gasteiger partial charge in [0.05, 0.1) is 11.3 Å². The van der Waals surface area contributed by atoms with Crippen molar-refractivity contribution in [3.05, 3.63) is 39.9 Å². The summed E-state index contributed by atoms with van der Waals surface area (Å²) >= 11 is 5.09. The molecule has 1 fully saturated rings. The SMILES string of the molecule is CC1(CC(CC(=O)OC(C)(C)C)c2ccc([N+](=O)[O-])cc2)NNC(=S)N1. The number of hydrogen-bond donors (Lipinski definition) is 3. The normalized spacial score (nSPS) is 20.8. The van der Waals surface area contributed by atoms with Crippen LogP contribution in [0.5, 0.6) is 0 Å². The summed E-state index contributed by atoms with van der Waals surface area (Å²) in [5.74, 6) is -0.531. The molecule has 2 unspecified atom stereocenters. The molecule has 1 heterocycles. The molecule has 26 heavy (non-hydrogen) atoms. The van der Waals surface area contributed by atoms with Gasteiger partial charge in [0.15, 0.2) is 5.11 Å². The number of hydrazine groups is 1. The molecule has 0 saturated carbocycles. The van der Waals surface area contributed by atoms with Crippen LogP contribution in [0.25, 0.3) is 0 Å². The van der Waals surface area contributed by atoms with Crippen molar-refractivity contribution in [1.82, 2.24) is 16.2 Å². The fourth-order valence-corrected chi connectivity index (χ4v) is 3.14. The number of hydrogen-bond acceptors (Lipinski definition) is 6. The predicted octanol–water partition coefficient (Wildman–Crippen LogP) is 2.50. The van der Waals surface area contributed by atoms with Gasteiger partial charge >= 0.3 is 5.97 Å². The third-order valence-electron chi connectivity index (χ3n) is 3.90. The van der Waals surface area contributed by atoms with E-state index in [-0.39, 0.29) is 24.0 Å². The number of thiocarbonyl (C=S) groups is 1. The summed E-state index contributed by atoms with van der Waals surface area (Å²) in [6, 6.07) is 6.24. The van der Waals surface area contributed by atoms with Crippen molar-refractivity contribution in [2.24, 2.45) is 0 Å². The summed E-state index contributed by atoms with van der Waals surface area (Å²) in [6.07, 6.45) is 0.679. The van der Waals surface area contributed by atoms with E-state index in [4.69, 9.17) is 17.0 Å². The molecule has 1 aromatic rings. The van der Waals surface area contributed by atoms with E-state index >= 15 is 0 Å². The lowest BCUT2D eigenvalue weighted by Gasteiger charge is -2.29. The van der Waals surface area contributed by atoms with Crippen molar-refractivity contribution in [1.29, 1.82) is 0 Å². The molecule has 1 aromatic carbocycles. The van der Waals surface area contributed by atoms with Gasteiger partial charge in [-0.3, -0.25) is 20.3 Å². The molecule has 0 aliphatic carbocycles. The Balaban J connectivity index is 2.21. The number of nitrogens with one attached hydrogen (secondary N) is 3. The number of esters is 1. The summed E-state index contributed by atoms with van der Waals surface area (Å²) in [7, 11) is 0. The average molecular weight is 380 g/mol. The zero-order valence-corrected chi connectivity index (χ0v) is 16.1. The molecular weight excluding hydrogens is 356 g/mol. The van der Waals surface area contributed by atoms with Gasteiger partial charge in [-0.15, -0.1) is 0 Å². The summed E-state index contributed by atoms with van der Waals surface area (Å²) in [4.78, 5) is 22.8. The number of carbonyl (C=O) groups excluding carboxylic acids is 1. The van der Waals surface area contributed by atoms with Crippen molar-refractivity contribution in [3.63, 3.8) is 0 Å². The van der Waals surface area contributed by atoms with Crippen LogP contribution in [0, 0.1) is 10.1 Å². The first-order valence-corrected chi connectivity index (χ1v) is 8.70. The van der Waals surface area contributed by atoms with Gasteiger partial charge in [0.2, 0.25) is 0 Å². The van der Waals surface area contributed by atoms with E-state index in [1.165, 1.54) is 12.1 Å². The smallest absolute Gasteiger partial charge is 0.306 e. The highest BCUT2D eigenvalue weighted by molar-refractivity contribution is 7.80. The first kappa shape index (κ1) is 20.1. The second-order valence-corrected chi connectivity index (χ2v) is 7.98. The maximum atomic E-state index is 12.3. The van der Waals surface area contributed by atoms with Gasteiger partial charge in [-0.25, -0.2) is 5.43 Å². The van der Waals surface area contributed by atoms with E-state index in [0.29, 0.717) is 11.5 Å². The van der Waals surface area contributed by atoms with Gasteiger partial charge < -0.3 is 10.1 Å². The Morgan fingerprint density at radius 2 is 1.96 bits per heavy atom. The summed E-state index contributed by atoms with van der Waals surface area (Å²) < 4.78 is 5.44. The number of carbonyl (C=O) groups is 1. The van der Waals surface area contributed by atoms with Crippen LogP contribution in [0.2, 0.25) is 0 Å². The number of rotatable bonds is 6. The van der Waals surface area contributed by atoms with Crippen molar-refractivity contribution in [2.75, 3.05) is 0 Å². The lowest BCUT2D eigenvalue weighted by Crippen LogP contribution is -2.49. The fourth-order valence-electron chi connectivity index (χ4n) is 2.86. The Morgan fingerprint density at radius 1 is 1.35 bits per heavy atom. The Hall–Kier alpha value is -2.26. The van der Waals surface area contributed by atoms with Gasteiger partial charge in [0.1, 0.15) is 11.3 Å². The van der Waals surface area contributed by atoms with Crippen LogP contribution in [0.15, 0.2) is 24.3 Å². The minimum Gasteiger partial charge on any atom is -0.460 e. The molecule has 2 rings (SSSR count). The first-order chi connectivity index (χ1) is 12.0. The molecule has 0 bridgehead atoms. The minimum absolute atomic E-state index is 0.0101. The second kappa shape index (κ2) is 7.55. The molecule has 1 saturated heterocycles. The molecule has 2 atom stereocenters. The fraction of sp³-hybridized carbons (Fsp3) is 0.529. The van der Waals surface area contributed by atoms with E-state index in [9.17, 15) is 14.9 Å². The van der Waals surface area contributed by atoms with E-state index in [1.807, 2.05) is 27.7 Å². The van der Waals surface area contributed by atoms with Crippen molar-refractivity contribution in [2.45, 2.75) is 57.7 Å². The summed E-state index contributed by atoms with van der Waals surface area (Å²) in [5.41, 5.74) is 5.63. The average Bonchev–Trinajstić information content (AvgIpc) is 2.84. The maximum absolute atomic E-state index is 12.3. The van der Waals surface area contributed by atoms with Crippen LogP contribution in [-0.2, 0) is 9.53 Å². The van der Waals surface area contributed by atoms with Crippen LogP contribution >= 0.6 is 12.2 Å². The van der Waals surface area contributed by atoms with Crippen LogP contribution in [-0.4, -0.2) is 27.3 Å².